The summed E-state index contributed by atoms with van der Waals surface area (Å²) in [6.07, 6.45) is 3.04. The standard InChI is InChI=1S/C12H25N3O/c1-3-14-12(16)6-7-15-9-11(8-13)5-4-10(15)2/h10-11H,3-9,13H2,1-2H3,(H,14,16). The Balaban J connectivity index is 2.30. The van der Waals surface area contributed by atoms with E-state index in [2.05, 4.69) is 17.1 Å². The Morgan fingerprint density at radius 3 is 2.88 bits per heavy atom. The van der Waals surface area contributed by atoms with Crippen LogP contribution in [0.4, 0.5) is 0 Å². The lowest BCUT2D eigenvalue weighted by molar-refractivity contribution is -0.121. The van der Waals surface area contributed by atoms with Gasteiger partial charge in [0.05, 0.1) is 0 Å². The normalized spacial score (nSPS) is 26.7. The molecule has 1 saturated heterocycles. The predicted molar refractivity (Wildman–Crippen MR) is 66.1 cm³/mol. The Morgan fingerprint density at radius 1 is 1.50 bits per heavy atom. The molecule has 0 aliphatic carbocycles. The Hall–Kier alpha value is -0.610. The molecule has 1 amide bonds. The maximum Gasteiger partial charge on any atom is 0.221 e. The van der Waals surface area contributed by atoms with E-state index in [4.69, 9.17) is 5.73 Å². The van der Waals surface area contributed by atoms with E-state index in [0.29, 0.717) is 18.4 Å². The monoisotopic (exact) mass is 227 g/mol. The van der Waals surface area contributed by atoms with Crippen LogP contribution in [0.5, 0.6) is 0 Å². The number of piperidine rings is 1. The van der Waals surface area contributed by atoms with Crippen LogP contribution in [0.25, 0.3) is 0 Å². The summed E-state index contributed by atoms with van der Waals surface area (Å²) in [6, 6.07) is 0.595. The van der Waals surface area contributed by atoms with Gasteiger partial charge in [0.1, 0.15) is 0 Å². The van der Waals surface area contributed by atoms with E-state index >= 15 is 0 Å². The minimum absolute atomic E-state index is 0.157. The zero-order valence-corrected chi connectivity index (χ0v) is 10.5. The third-order valence-electron chi connectivity index (χ3n) is 3.44. The van der Waals surface area contributed by atoms with Crippen LogP contribution >= 0.6 is 0 Å². The van der Waals surface area contributed by atoms with Crippen LogP contribution in [0.2, 0.25) is 0 Å². The number of likely N-dealkylation sites (tertiary alicyclic amines) is 1. The van der Waals surface area contributed by atoms with Crippen LogP contribution in [0.3, 0.4) is 0 Å². The Bertz CT molecular complexity index is 220. The van der Waals surface area contributed by atoms with Gasteiger partial charge >= 0.3 is 0 Å². The first-order chi connectivity index (χ1) is 7.67. The van der Waals surface area contributed by atoms with Gasteiger partial charge in [-0.05, 0) is 39.2 Å². The molecule has 0 aromatic rings. The molecule has 1 aliphatic rings. The number of hydrogen-bond acceptors (Lipinski definition) is 3. The van der Waals surface area contributed by atoms with Crippen LogP contribution in [0.1, 0.15) is 33.1 Å². The van der Waals surface area contributed by atoms with Gasteiger partial charge in [0.2, 0.25) is 5.91 Å². The third kappa shape index (κ3) is 4.10. The van der Waals surface area contributed by atoms with Crippen molar-refractivity contribution in [2.75, 3.05) is 26.2 Å². The van der Waals surface area contributed by atoms with Crippen LogP contribution in [0, 0.1) is 5.92 Å². The van der Waals surface area contributed by atoms with Gasteiger partial charge in [0, 0.05) is 32.1 Å². The molecule has 0 radical (unpaired) electrons. The Kier molecular flexibility index (Phi) is 5.77. The summed E-state index contributed by atoms with van der Waals surface area (Å²) < 4.78 is 0. The highest BCUT2D eigenvalue weighted by Gasteiger charge is 2.24. The molecule has 2 unspecified atom stereocenters. The number of hydrogen-bond donors (Lipinski definition) is 2. The number of amides is 1. The maximum absolute atomic E-state index is 11.4. The van der Waals surface area contributed by atoms with E-state index in [9.17, 15) is 4.79 Å². The lowest BCUT2D eigenvalue weighted by Gasteiger charge is -2.37. The maximum atomic E-state index is 11.4. The molecule has 0 aromatic heterocycles. The summed E-state index contributed by atoms with van der Waals surface area (Å²) in [7, 11) is 0. The van der Waals surface area contributed by atoms with Gasteiger partial charge in [-0.25, -0.2) is 0 Å². The molecule has 0 saturated carbocycles. The van der Waals surface area contributed by atoms with Gasteiger partial charge in [-0.1, -0.05) is 0 Å². The molecule has 0 aromatic carbocycles. The quantitative estimate of drug-likeness (QED) is 0.722. The topological polar surface area (TPSA) is 58.4 Å². The molecule has 1 fully saturated rings. The molecule has 3 N–H and O–H groups in total. The summed E-state index contributed by atoms with van der Waals surface area (Å²) in [5.74, 6) is 0.773. The van der Waals surface area contributed by atoms with E-state index in [1.165, 1.54) is 12.8 Å². The van der Waals surface area contributed by atoms with E-state index < -0.39 is 0 Å². The van der Waals surface area contributed by atoms with Gasteiger partial charge < -0.3 is 11.1 Å². The number of nitrogens with one attached hydrogen (secondary N) is 1. The second kappa shape index (κ2) is 6.86. The Morgan fingerprint density at radius 2 is 2.25 bits per heavy atom. The number of carbonyl (C=O) groups is 1. The summed E-state index contributed by atoms with van der Waals surface area (Å²) >= 11 is 0. The smallest absolute Gasteiger partial charge is 0.221 e. The second-order valence-corrected chi connectivity index (χ2v) is 4.73. The molecule has 16 heavy (non-hydrogen) atoms. The summed E-state index contributed by atoms with van der Waals surface area (Å²) in [5.41, 5.74) is 5.71. The van der Waals surface area contributed by atoms with Crippen LogP contribution < -0.4 is 11.1 Å². The minimum Gasteiger partial charge on any atom is -0.356 e. The summed E-state index contributed by atoms with van der Waals surface area (Å²) in [4.78, 5) is 13.8. The molecule has 1 rings (SSSR count). The second-order valence-electron chi connectivity index (χ2n) is 4.73. The fourth-order valence-electron chi connectivity index (χ4n) is 2.30. The van der Waals surface area contributed by atoms with Crippen molar-refractivity contribution in [3.05, 3.63) is 0 Å². The number of carbonyl (C=O) groups excluding carboxylic acids is 1. The molecule has 1 aliphatic heterocycles. The third-order valence-corrected chi connectivity index (χ3v) is 3.44. The minimum atomic E-state index is 0.157. The fraction of sp³-hybridized carbons (Fsp3) is 0.917. The van der Waals surface area contributed by atoms with Gasteiger partial charge in [-0.15, -0.1) is 0 Å². The first-order valence-corrected chi connectivity index (χ1v) is 6.38. The van der Waals surface area contributed by atoms with Crippen molar-refractivity contribution in [3.8, 4) is 0 Å². The van der Waals surface area contributed by atoms with Crippen LogP contribution in [-0.2, 0) is 4.79 Å². The number of rotatable bonds is 5. The van der Waals surface area contributed by atoms with Crippen molar-refractivity contribution in [1.29, 1.82) is 0 Å². The highest BCUT2D eigenvalue weighted by molar-refractivity contribution is 5.75. The summed E-state index contributed by atoms with van der Waals surface area (Å²) in [5, 5.41) is 2.83. The highest BCUT2D eigenvalue weighted by Crippen LogP contribution is 2.20. The molecule has 94 valence electrons. The van der Waals surface area contributed by atoms with Crippen molar-refractivity contribution in [3.63, 3.8) is 0 Å². The van der Waals surface area contributed by atoms with E-state index in [1.807, 2.05) is 6.92 Å². The van der Waals surface area contributed by atoms with Crippen molar-refractivity contribution in [2.24, 2.45) is 11.7 Å². The fourth-order valence-corrected chi connectivity index (χ4v) is 2.30. The molecule has 2 atom stereocenters. The molecule has 0 bridgehead atoms. The lowest BCUT2D eigenvalue weighted by Crippen LogP contribution is -2.45. The largest absolute Gasteiger partial charge is 0.356 e. The SMILES string of the molecule is CCNC(=O)CCN1CC(CN)CCC1C. The van der Waals surface area contributed by atoms with Gasteiger partial charge in [-0.2, -0.15) is 0 Å². The molecule has 0 spiro atoms. The van der Waals surface area contributed by atoms with Gasteiger partial charge in [0.25, 0.3) is 0 Å². The lowest BCUT2D eigenvalue weighted by atomic mass is 9.93. The van der Waals surface area contributed by atoms with Crippen LogP contribution in [-0.4, -0.2) is 43.0 Å². The molecule has 4 heteroatoms. The molecular formula is C12H25N3O. The van der Waals surface area contributed by atoms with Crippen molar-refractivity contribution < 1.29 is 4.79 Å². The number of nitrogens with zero attached hydrogens (tertiary/aromatic N) is 1. The summed E-state index contributed by atoms with van der Waals surface area (Å²) in [6.45, 7) is 7.60. The van der Waals surface area contributed by atoms with Crippen molar-refractivity contribution in [1.82, 2.24) is 10.2 Å². The molecule has 1 heterocycles. The van der Waals surface area contributed by atoms with Gasteiger partial charge in [-0.3, -0.25) is 9.69 Å². The highest BCUT2D eigenvalue weighted by atomic mass is 16.1. The average molecular weight is 227 g/mol. The first kappa shape index (κ1) is 13.5. The predicted octanol–water partition coefficient (Wildman–Crippen LogP) is 0.572. The van der Waals surface area contributed by atoms with E-state index in [1.54, 1.807) is 0 Å². The van der Waals surface area contributed by atoms with E-state index in [0.717, 1.165) is 26.2 Å². The zero-order chi connectivity index (χ0) is 12.0. The van der Waals surface area contributed by atoms with Crippen LogP contribution in [0.15, 0.2) is 0 Å². The van der Waals surface area contributed by atoms with E-state index in [-0.39, 0.29) is 5.91 Å². The van der Waals surface area contributed by atoms with Crippen molar-refractivity contribution >= 4 is 5.91 Å². The van der Waals surface area contributed by atoms with Crippen molar-refractivity contribution in [2.45, 2.75) is 39.2 Å². The van der Waals surface area contributed by atoms with Gasteiger partial charge in [0.15, 0.2) is 0 Å². The Labute approximate surface area is 98.6 Å². The first-order valence-electron chi connectivity index (χ1n) is 6.38. The molecule has 4 nitrogen and oxygen atoms in total. The molecular weight excluding hydrogens is 202 g/mol. The average Bonchev–Trinajstić information content (AvgIpc) is 2.28. The number of nitrogens with two attached hydrogens (primary N) is 1. The zero-order valence-electron chi connectivity index (χ0n) is 10.5.